The lowest BCUT2D eigenvalue weighted by atomic mass is 10.1. The van der Waals surface area contributed by atoms with Crippen molar-refractivity contribution in [2.24, 2.45) is 5.92 Å². The number of piperidine rings is 1. The number of anilines is 3. The number of nitrogens with one attached hydrogen (secondary N) is 2. The number of hydrogen-bond acceptors (Lipinski definition) is 6. The molecule has 1 aromatic heterocycles. The van der Waals surface area contributed by atoms with Gasteiger partial charge in [-0.15, -0.1) is 0 Å². The Bertz CT molecular complexity index is 467. The van der Waals surface area contributed by atoms with Gasteiger partial charge in [-0.3, -0.25) is 0 Å². The van der Waals surface area contributed by atoms with Crippen molar-refractivity contribution in [1.29, 1.82) is 0 Å². The first-order valence-corrected chi connectivity index (χ1v) is 8.20. The summed E-state index contributed by atoms with van der Waals surface area (Å²) < 4.78 is 0. The Labute approximate surface area is 126 Å². The van der Waals surface area contributed by atoms with Crippen LogP contribution >= 0.6 is 0 Å². The van der Waals surface area contributed by atoms with Crippen LogP contribution in [0.5, 0.6) is 0 Å². The third-order valence-electron chi connectivity index (χ3n) is 4.25. The standard InChI is InChI=1S/C15H26N6/c1-11(10-12-6-7-12)17-14-18-13(16-2)19-15(20-14)21-8-4-3-5-9-21/h11-12H,3-10H2,1-2H3,(H2,16,17,18,19,20). The first-order chi connectivity index (χ1) is 10.2. The normalized spacial score (nSPS) is 20.2. The molecule has 2 N–H and O–H groups in total. The summed E-state index contributed by atoms with van der Waals surface area (Å²) in [6, 6.07) is 0.416. The van der Waals surface area contributed by atoms with E-state index >= 15 is 0 Å². The van der Waals surface area contributed by atoms with Gasteiger partial charge in [0.05, 0.1) is 0 Å². The monoisotopic (exact) mass is 290 g/mol. The lowest BCUT2D eigenvalue weighted by Gasteiger charge is -2.27. The number of rotatable bonds is 6. The van der Waals surface area contributed by atoms with E-state index in [0.717, 1.165) is 25.0 Å². The van der Waals surface area contributed by atoms with Crippen LogP contribution in [0.25, 0.3) is 0 Å². The molecule has 2 heterocycles. The zero-order valence-corrected chi connectivity index (χ0v) is 13.1. The molecule has 1 saturated carbocycles. The lowest BCUT2D eigenvalue weighted by Crippen LogP contribution is -2.31. The SMILES string of the molecule is CNc1nc(NC(C)CC2CC2)nc(N2CCCCC2)n1. The van der Waals surface area contributed by atoms with Crippen LogP contribution in [0.15, 0.2) is 0 Å². The molecule has 3 rings (SSSR count). The van der Waals surface area contributed by atoms with Crippen molar-refractivity contribution < 1.29 is 0 Å². The smallest absolute Gasteiger partial charge is 0.231 e. The number of aromatic nitrogens is 3. The molecule has 1 atom stereocenters. The molecule has 2 fully saturated rings. The summed E-state index contributed by atoms with van der Waals surface area (Å²) in [6.45, 7) is 4.30. The summed E-state index contributed by atoms with van der Waals surface area (Å²) >= 11 is 0. The van der Waals surface area contributed by atoms with Crippen LogP contribution in [-0.4, -0.2) is 41.1 Å². The highest BCUT2D eigenvalue weighted by Gasteiger charge is 2.24. The summed E-state index contributed by atoms with van der Waals surface area (Å²) in [5, 5.41) is 6.48. The second-order valence-corrected chi connectivity index (χ2v) is 6.30. The van der Waals surface area contributed by atoms with E-state index in [2.05, 4.69) is 37.4 Å². The van der Waals surface area contributed by atoms with Crippen molar-refractivity contribution in [2.45, 2.75) is 51.5 Å². The Hall–Kier alpha value is -1.59. The van der Waals surface area contributed by atoms with E-state index < -0.39 is 0 Å². The molecule has 0 amide bonds. The molecule has 1 aromatic rings. The molecule has 0 bridgehead atoms. The van der Waals surface area contributed by atoms with Gasteiger partial charge < -0.3 is 15.5 Å². The third kappa shape index (κ3) is 3.95. The average Bonchev–Trinajstić information content (AvgIpc) is 3.31. The highest BCUT2D eigenvalue weighted by Crippen LogP contribution is 2.34. The predicted octanol–water partition coefficient (Wildman–Crippen LogP) is 2.50. The van der Waals surface area contributed by atoms with Crippen LogP contribution in [0.3, 0.4) is 0 Å². The summed E-state index contributed by atoms with van der Waals surface area (Å²) in [7, 11) is 1.85. The first-order valence-electron chi connectivity index (χ1n) is 8.20. The van der Waals surface area contributed by atoms with E-state index in [1.807, 2.05) is 7.05 Å². The van der Waals surface area contributed by atoms with Gasteiger partial charge in [-0.25, -0.2) is 0 Å². The Morgan fingerprint density at radius 1 is 1.10 bits per heavy atom. The van der Waals surface area contributed by atoms with Crippen molar-refractivity contribution in [3.05, 3.63) is 0 Å². The first kappa shape index (κ1) is 14.4. The van der Waals surface area contributed by atoms with Gasteiger partial charge >= 0.3 is 0 Å². The molecule has 2 aliphatic rings. The molecule has 116 valence electrons. The van der Waals surface area contributed by atoms with Crippen molar-refractivity contribution in [3.8, 4) is 0 Å². The van der Waals surface area contributed by atoms with Gasteiger partial charge in [-0.05, 0) is 38.5 Å². The van der Waals surface area contributed by atoms with Crippen molar-refractivity contribution in [1.82, 2.24) is 15.0 Å². The lowest BCUT2D eigenvalue weighted by molar-refractivity contribution is 0.567. The average molecular weight is 290 g/mol. The number of nitrogens with zero attached hydrogens (tertiary/aromatic N) is 4. The van der Waals surface area contributed by atoms with Crippen LogP contribution in [0.1, 0.15) is 45.4 Å². The van der Waals surface area contributed by atoms with E-state index in [1.54, 1.807) is 0 Å². The van der Waals surface area contributed by atoms with E-state index in [0.29, 0.717) is 17.9 Å². The predicted molar refractivity (Wildman–Crippen MR) is 85.9 cm³/mol. The topological polar surface area (TPSA) is 66.0 Å². The summed E-state index contributed by atoms with van der Waals surface area (Å²) in [5.74, 6) is 3.05. The zero-order chi connectivity index (χ0) is 14.7. The molecule has 1 unspecified atom stereocenters. The van der Waals surface area contributed by atoms with Crippen LogP contribution in [0.4, 0.5) is 17.8 Å². The molecule has 0 aromatic carbocycles. The minimum Gasteiger partial charge on any atom is -0.357 e. The van der Waals surface area contributed by atoms with E-state index in [9.17, 15) is 0 Å². The Morgan fingerprint density at radius 3 is 2.48 bits per heavy atom. The molecule has 1 aliphatic heterocycles. The zero-order valence-electron chi connectivity index (χ0n) is 13.1. The molecular weight excluding hydrogens is 264 g/mol. The molecular formula is C15H26N6. The maximum absolute atomic E-state index is 4.63. The molecule has 6 nitrogen and oxygen atoms in total. The van der Waals surface area contributed by atoms with Gasteiger partial charge in [0, 0.05) is 26.2 Å². The van der Waals surface area contributed by atoms with Gasteiger partial charge in [0.1, 0.15) is 0 Å². The summed E-state index contributed by atoms with van der Waals surface area (Å²) in [4.78, 5) is 15.8. The van der Waals surface area contributed by atoms with Gasteiger partial charge in [-0.1, -0.05) is 12.8 Å². The van der Waals surface area contributed by atoms with Crippen LogP contribution in [-0.2, 0) is 0 Å². The fraction of sp³-hybridized carbons (Fsp3) is 0.800. The highest BCUT2D eigenvalue weighted by atomic mass is 15.3. The van der Waals surface area contributed by atoms with E-state index in [-0.39, 0.29) is 0 Å². The third-order valence-corrected chi connectivity index (χ3v) is 4.25. The quantitative estimate of drug-likeness (QED) is 0.839. The molecule has 1 saturated heterocycles. The molecule has 0 spiro atoms. The highest BCUT2D eigenvalue weighted by molar-refractivity contribution is 5.44. The summed E-state index contributed by atoms with van der Waals surface area (Å²) in [5.41, 5.74) is 0. The Kier molecular flexibility index (Phi) is 4.41. The minimum absolute atomic E-state index is 0.416. The van der Waals surface area contributed by atoms with E-state index in [4.69, 9.17) is 0 Å². The Balaban J connectivity index is 1.71. The van der Waals surface area contributed by atoms with Crippen LogP contribution in [0.2, 0.25) is 0 Å². The number of hydrogen-bond donors (Lipinski definition) is 2. The van der Waals surface area contributed by atoms with Crippen molar-refractivity contribution in [3.63, 3.8) is 0 Å². The molecule has 0 radical (unpaired) electrons. The minimum atomic E-state index is 0.416. The van der Waals surface area contributed by atoms with Gasteiger partial charge in [-0.2, -0.15) is 15.0 Å². The van der Waals surface area contributed by atoms with Gasteiger partial charge in [0.25, 0.3) is 0 Å². The van der Waals surface area contributed by atoms with Crippen molar-refractivity contribution in [2.75, 3.05) is 35.7 Å². The molecule has 6 heteroatoms. The van der Waals surface area contributed by atoms with Gasteiger partial charge in [0.2, 0.25) is 17.8 Å². The van der Waals surface area contributed by atoms with Crippen LogP contribution in [0, 0.1) is 5.92 Å². The largest absolute Gasteiger partial charge is 0.357 e. The van der Waals surface area contributed by atoms with E-state index in [1.165, 1.54) is 38.5 Å². The molecule has 1 aliphatic carbocycles. The van der Waals surface area contributed by atoms with Gasteiger partial charge in [0.15, 0.2) is 0 Å². The second-order valence-electron chi connectivity index (χ2n) is 6.30. The van der Waals surface area contributed by atoms with Crippen LogP contribution < -0.4 is 15.5 Å². The second kappa shape index (κ2) is 6.45. The maximum atomic E-state index is 4.63. The molecule has 21 heavy (non-hydrogen) atoms. The fourth-order valence-corrected chi connectivity index (χ4v) is 2.91. The maximum Gasteiger partial charge on any atom is 0.231 e. The summed E-state index contributed by atoms with van der Waals surface area (Å²) in [6.07, 6.45) is 7.72. The fourth-order valence-electron chi connectivity index (χ4n) is 2.91. The van der Waals surface area contributed by atoms with Crippen molar-refractivity contribution >= 4 is 17.8 Å². The Morgan fingerprint density at radius 2 is 1.81 bits per heavy atom.